The molecule has 1 unspecified atom stereocenters. The molecule has 0 amide bonds. The van der Waals surface area contributed by atoms with Crippen LogP contribution in [-0.4, -0.2) is 18.4 Å². The minimum absolute atomic E-state index is 0.0163. The van der Waals surface area contributed by atoms with E-state index >= 15 is 0 Å². The van der Waals surface area contributed by atoms with Gasteiger partial charge in [0.15, 0.2) is 0 Å². The first-order valence-electron chi connectivity index (χ1n) is 3.96. The van der Waals surface area contributed by atoms with Crippen molar-refractivity contribution in [3.63, 3.8) is 0 Å². The number of ketones is 1. The molecule has 0 radical (unpaired) electrons. The predicted molar refractivity (Wildman–Crippen MR) is 45.7 cm³/mol. The van der Waals surface area contributed by atoms with Gasteiger partial charge in [0.1, 0.15) is 11.9 Å². The van der Waals surface area contributed by atoms with Gasteiger partial charge in [0, 0.05) is 6.42 Å². The van der Waals surface area contributed by atoms with Gasteiger partial charge in [-0.1, -0.05) is 13.0 Å². The molecule has 0 aromatic rings. The predicted octanol–water partition coefficient (Wildman–Crippen LogP) is 1.47. The summed E-state index contributed by atoms with van der Waals surface area (Å²) in [5.74, 6) is 0.0163. The van der Waals surface area contributed by atoms with E-state index in [0.717, 1.165) is 6.42 Å². The Hall–Kier alpha value is -1.12. The summed E-state index contributed by atoms with van der Waals surface area (Å²) in [6.07, 6.45) is 4.35. The van der Waals surface area contributed by atoms with E-state index in [4.69, 9.17) is 0 Å². The van der Waals surface area contributed by atoms with Crippen LogP contribution in [-0.2, 0) is 14.3 Å². The molecule has 0 saturated carbocycles. The molecule has 3 heteroatoms. The average Bonchev–Trinajstić information content (AvgIpc) is 2.00. The molecule has 0 rings (SSSR count). The minimum atomic E-state index is -0.389. The van der Waals surface area contributed by atoms with E-state index in [9.17, 15) is 9.59 Å². The zero-order valence-electron chi connectivity index (χ0n) is 7.45. The molecule has 0 aliphatic carbocycles. The lowest BCUT2D eigenvalue weighted by atomic mass is 10.2. The highest BCUT2D eigenvalue weighted by molar-refractivity contribution is 5.76. The van der Waals surface area contributed by atoms with Gasteiger partial charge in [-0.05, 0) is 19.4 Å². The molecule has 0 aromatic carbocycles. The molecule has 0 fully saturated rings. The highest BCUT2D eigenvalue weighted by Crippen LogP contribution is 2.00. The van der Waals surface area contributed by atoms with Gasteiger partial charge < -0.3 is 4.74 Å². The second-order valence-corrected chi connectivity index (χ2v) is 2.51. The SMILES string of the molecule is CCC=CC(CC(C)=O)OC=O. The molecule has 0 saturated heterocycles. The molecule has 12 heavy (non-hydrogen) atoms. The third-order valence-corrected chi connectivity index (χ3v) is 1.31. The number of rotatable bonds is 6. The van der Waals surface area contributed by atoms with Crippen molar-refractivity contribution in [3.8, 4) is 0 Å². The van der Waals surface area contributed by atoms with Crippen LogP contribution in [0.25, 0.3) is 0 Å². The van der Waals surface area contributed by atoms with Crippen LogP contribution in [0.1, 0.15) is 26.7 Å². The Kier molecular flexibility index (Phi) is 5.97. The lowest BCUT2D eigenvalue weighted by molar-refractivity contribution is -0.133. The largest absolute Gasteiger partial charge is 0.460 e. The summed E-state index contributed by atoms with van der Waals surface area (Å²) < 4.78 is 4.67. The Morgan fingerprint density at radius 1 is 1.58 bits per heavy atom. The summed E-state index contributed by atoms with van der Waals surface area (Å²) >= 11 is 0. The lowest BCUT2D eigenvalue weighted by Gasteiger charge is -2.07. The van der Waals surface area contributed by atoms with Crippen molar-refractivity contribution >= 4 is 12.3 Å². The van der Waals surface area contributed by atoms with E-state index in [-0.39, 0.29) is 18.3 Å². The average molecular weight is 170 g/mol. The normalized spacial score (nSPS) is 12.8. The fourth-order valence-corrected chi connectivity index (χ4v) is 0.804. The van der Waals surface area contributed by atoms with Gasteiger partial charge in [-0.2, -0.15) is 0 Å². The maximum absolute atomic E-state index is 10.7. The zero-order valence-corrected chi connectivity index (χ0v) is 7.45. The van der Waals surface area contributed by atoms with E-state index in [0.29, 0.717) is 6.47 Å². The van der Waals surface area contributed by atoms with Crippen molar-refractivity contribution in [2.45, 2.75) is 32.8 Å². The fraction of sp³-hybridized carbons (Fsp3) is 0.556. The van der Waals surface area contributed by atoms with Gasteiger partial charge >= 0.3 is 0 Å². The van der Waals surface area contributed by atoms with Crippen molar-refractivity contribution < 1.29 is 14.3 Å². The second-order valence-electron chi connectivity index (χ2n) is 2.51. The van der Waals surface area contributed by atoms with E-state index < -0.39 is 0 Å². The number of Topliss-reactive ketones (excluding diaryl/α,β-unsaturated/α-hetero) is 1. The van der Waals surface area contributed by atoms with Crippen LogP contribution in [0, 0.1) is 0 Å². The van der Waals surface area contributed by atoms with Crippen molar-refractivity contribution in [2.24, 2.45) is 0 Å². The molecule has 0 aliphatic rings. The lowest BCUT2D eigenvalue weighted by Crippen LogP contribution is -2.12. The Labute approximate surface area is 72.4 Å². The number of allylic oxidation sites excluding steroid dienone is 1. The van der Waals surface area contributed by atoms with Crippen molar-refractivity contribution in [3.05, 3.63) is 12.2 Å². The molecule has 68 valence electrons. The molecule has 0 bridgehead atoms. The molecule has 3 nitrogen and oxygen atoms in total. The Balaban J connectivity index is 3.93. The monoisotopic (exact) mass is 170 g/mol. The van der Waals surface area contributed by atoms with Crippen LogP contribution in [0.2, 0.25) is 0 Å². The van der Waals surface area contributed by atoms with Crippen LogP contribution in [0.4, 0.5) is 0 Å². The fourth-order valence-electron chi connectivity index (χ4n) is 0.804. The third kappa shape index (κ3) is 5.65. The van der Waals surface area contributed by atoms with Crippen molar-refractivity contribution in [2.75, 3.05) is 0 Å². The minimum Gasteiger partial charge on any atom is -0.460 e. The van der Waals surface area contributed by atoms with Crippen LogP contribution in [0.3, 0.4) is 0 Å². The van der Waals surface area contributed by atoms with Gasteiger partial charge in [0.25, 0.3) is 6.47 Å². The van der Waals surface area contributed by atoms with Gasteiger partial charge in [-0.3, -0.25) is 9.59 Å². The molecule has 1 atom stereocenters. The number of hydrogen-bond donors (Lipinski definition) is 0. The van der Waals surface area contributed by atoms with Crippen LogP contribution >= 0.6 is 0 Å². The van der Waals surface area contributed by atoms with E-state index in [1.807, 2.05) is 13.0 Å². The summed E-state index contributed by atoms with van der Waals surface area (Å²) in [5.41, 5.74) is 0. The topological polar surface area (TPSA) is 43.4 Å². The number of hydrogen-bond acceptors (Lipinski definition) is 3. The van der Waals surface area contributed by atoms with Gasteiger partial charge in [-0.15, -0.1) is 0 Å². The Morgan fingerprint density at radius 2 is 2.25 bits per heavy atom. The van der Waals surface area contributed by atoms with E-state index in [1.165, 1.54) is 6.92 Å². The summed E-state index contributed by atoms with van der Waals surface area (Å²) in [7, 11) is 0. The van der Waals surface area contributed by atoms with Crippen molar-refractivity contribution in [1.29, 1.82) is 0 Å². The summed E-state index contributed by atoms with van der Waals surface area (Å²) in [6, 6.07) is 0. The van der Waals surface area contributed by atoms with Crippen LogP contribution < -0.4 is 0 Å². The summed E-state index contributed by atoms with van der Waals surface area (Å²) in [5, 5.41) is 0. The standard InChI is InChI=1S/C9H14O3/c1-3-4-5-9(12-7-10)6-8(2)11/h4-5,7,9H,3,6H2,1-2H3. The molecular weight excluding hydrogens is 156 g/mol. The maximum atomic E-state index is 10.7. The first kappa shape index (κ1) is 10.9. The third-order valence-electron chi connectivity index (χ3n) is 1.31. The molecule has 0 aliphatic heterocycles. The number of carbonyl (C=O) groups excluding carboxylic acids is 2. The van der Waals surface area contributed by atoms with Gasteiger partial charge in [-0.25, -0.2) is 0 Å². The number of ether oxygens (including phenoxy) is 1. The highest BCUT2D eigenvalue weighted by Gasteiger charge is 2.06. The first-order chi connectivity index (χ1) is 5.70. The smallest absolute Gasteiger partial charge is 0.293 e. The molecule has 0 spiro atoms. The molecule has 0 aromatic heterocycles. The van der Waals surface area contributed by atoms with Crippen LogP contribution in [0.15, 0.2) is 12.2 Å². The maximum Gasteiger partial charge on any atom is 0.293 e. The molecular formula is C9H14O3. The zero-order chi connectivity index (χ0) is 9.40. The Bertz CT molecular complexity index is 173. The first-order valence-corrected chi connectivity index (χ1v) is 3.96. The molecule has 0 heterocycles. The molecule has 0 N–H and O–H groups in total. The van der Waals surface area contributed by atoms with Gasteiger partial charge in [0.05, 0.1) is 0 Å². The van der Waals surface area contributed by atoms with Crippen molar-refractivity contribution in [1.82, 2.24) is 0 Å². The second kappa shape index (κ2) is 6.58. The highest BCUT2D eigenvalue weighted by atomic mass is 16.5. The summed E-state index contributed by atoms with van der Waals surface area (Å²) in [6.45, 7) is 3.82. The quantitative estimate of drug-likeness (QED) is 0.448. The van der Waals surface area contributed by atoms with Crippen LogP contribution in [0.5, 0.6) is 0 Å². The van der Waals surface area contributed by atoms with E-state index in [2.05, 4.69) is 4.74 Å². The number of carbonyl (C=O) groups is 2. The summed E-state index contributed by atoms with van der Waals surface area (Å²) in [4.78, 5) is 20.7. The van der Waals surface area contributed by atoms with E-state index in [1.54, 1.807) is 6.08 Å². The van der Waals surface area contributed by atoms with Gasteiger partial charge in [0.2, 0.25) is 0 Å². The Morgan fingerprint density at radius 3 is 2.67 bits per heavy atom.